The predicted octanol–water partition coefficient (Wildman–Crippen LogP) is 0.415. The first kappa shape index (κ1) is 16.8. The first-order valence-electron chi connectivity index (χ1n) is 6.35. The van der Waals surface area contributed by atoms with Gasteiger partial charge in [0.1, 0.15) is 0 Å². The van der Waals surface area contributed by atoms with Gasteiger partial charge in [0.2, 0.25) is 0 Å². The van der Waals surface area contributed by atoms with Crippen molar-refractivity contribution in [1.29, 1.82) is 0 Å². The van der Waals surface area contributed by atoms with Crippen LogP contribution in [0.3, 0.4) is 0 Å². The monoisotopic (exact) mass is 249 g/mol. The van der Waals surface area contributed by atoms with E-state index in [9.17, 15) is 5.11 Å². The number of nitrogens with one attached hydrogen (secondary N) is 1. The minimum atomic E-state index is -0.485. The van der Waals surface area contributed by atoms with Crippen LogP contribution in [0.25, 0.3) is 0 Å². The number of hydrogen-bond acceptors (Lipinski definition) is 5. The summed E-state index contributed by atoms with van der Waals surface area (Å²) in [5, 5.41) is 12.8. The van der Waals surface area contributed by atoms with Crippen LogP contribution in [0.15, 0.2) is 0 Å². The van der Waals surface area contributed by atoms with E-state index in [1.54, 1.807) is 0 Å². The highest BCUT2D eigenvalue weighted by atomic mass is 16.5. The van der Waals surface area contributed by atoms with E-state index in [1.807, 2.05) is 20.8 Å². The summed E-state index contributed by atoms with van der Waals surface area (Å²) in [5.41, 5.74) is 0. The standard InChI is InChI=1S/C12H27NO4/c1-4-15-6-7-17-10-12(14)8-13-11(3)9-16-5-2/h11-14H,4-10H2,1-3H3. The first-order chi connectivity index (χ1) is 8.20. The SMILES string of the molecule is CCOCCOCC(O)CNC(C)COCC. The molecule has 0 rings (SSSR count). The molecule has 5 heteroatoms. The predicted molar refractivity (Wildman–Crippen MR) is 67.3 cm³/mol. The van der Waals surface area contributed by atoms with Crippen molar-refractivity contribution >= 4 is 0 Å². The van der Waals surface area contributed by atoms with E-state index in [0.29, 0.717) is 39.6 Å². The quantitative estimate of drug-likeness (QED) is 0.491. The highest BCUT2D eigenvalue weighted by Crippen LogP contribution is 1.88. The number of hydrogen-bond donors (Lipinski definition) is 2. The lowest BCUT2D eigenvalue weighted by Crippen LogP contribution is -2.38. The van der Waals surface area contributed by atoms with Crippen LogP contribution in [0.2, 0.25) is 0 Å². The van der Waals surface area contributed by atoms with Gasteiger partial charge in [-0.15, -0.1) is 0 Å². The van der Waals surface area contributed by atoms with Crippen molar-refractivity contribution in [2.24, 2.45) is 0 Å². The van der Waals surface area contributed by atoms with Crippen molar-refractivity contribution in [2.75, 3.05) is 46.2 Å². The summed E-state index contributed by atoms with van der Waals surface area (Å²) in [6, 6.07) is 0.244. The van der Waals surface area contributed by atoms with Gasteiger partial charge >= 0.3 is 0 Å². The molecule has 0 aliphatic rings. The fourth-order valence-electron chi connectivity index (χ4n) is 1.23. The number of rotatable bonds is 12. The van der Waals surface area contributed by atoms with Crippen molar-refractivity contribution in [3.8, 4) is 0 Å². The van der Waals surface area contributed by atoms with Gasteiger partial charge in [-0.1, -0.05) is 0 Å². The molecule has 2 N–H and O–H groups in total. The van der Waals surface area contributed by atoms with Crippen molar-refractivity contribution in [3.05, 3.63) is 0 Å². The Morgan fingerprint density at radius 1 is 1.00 bits per heavy atom. The summed E-state index contributed by atoms with van der Waals surface area (Å²) in [6.07, 6.45) is -0.485. The van der Waals surface area contributed by atoms with E-state index in [4.69, 9.17) is 14.2 Å². The third-order valence-electron chi connectivity index (χ3n) is 2.16. The van der Waals surface area contributed by atoms with Crippen LogP contribution in [-0.4, -0.2) is 63.4 Å². The lowest BCUT2D eigenvalue weighted by molar-refractivity contribution is 0.00480. The van der Waals surface area contributed by atoms with Crippen molar-refractivity contribution < 1.29 is 19.3 Å². The second kappa shape index (κ2) is 12.3. The first-order valence-corrected chi connectivity index (χ1v) is 6.35. The molecule has 0 fully saturated rings. The van der Waals surface area contributed by atoms with Gasteiger partial charge in [-0.25, -0.2) is 0 Å². The molecule has 5 nitrogen and oxygen atoms in total. The average Bonchev–Trinajstić information content (AvgIpc) is 2.33. The van der Waals surface area contributed by atoms with Gasteiger partial charge in [-0.2, -0.15) is 0 Å². The normalized spacial score (nSPS) is 14.8. The summed E-state index contributed by atoms with van der Waals surface area (Å²) in [5.74, 6) is 0. The molecule has 0 bridgehead atoms. The maximum absolute atomic E-state index is 9.61. The van der Waals surface area contributed by atoms with Crippen LogP contribution in [0.1, 0.15) is 20.8 Å². The summed E-state index contributed by atoms with van der Waals surface area (Å²) < 4.78 is 15.6. The van der Waals surface area contributed by atoms with Gasteiger partial charge in [0, 0.05) is 25.8 Å². The lowest BCUT2D eigenvalue weighted by Gasteiger charge is -2.17. The Morgan fingerprint density at radius 3 is 2.29 bits per heavy atom. The van der Waals surface area contributed by atoms with E-state index in [1.165, 1.54) is 0 Å². The van der Waals surface area contributed by atoms with Crippen molar-refractivity contribution in [1.82, 2.24) is 5.32 Å². The van der Waals surface area contributed by atoms with Crippen molar-refractivity contribution in [2.45, 2.75) is 32.9 Å². The second-order valence-corrected chi connectivity index (χ2v) is 3.89. The molecule has 2 unspecified atom stereocenters. The molecule has 0 spiro atoms. The smallest absolute Gasteiger partial charge is 0.0897 e. The van der Waals surface area contributed by atoms with Gasteiger partial charge in [-0.05, 0) is 20.8 Å². The van der Waals surface area contributed by atoms with Crippen LogP contribution in [0, 0.1) is 0 Å². The average molecular weight is 249 g/mol. The molecule has 0 radical (unpaired) electrons. The van der Waals surface area contributed by atoms with Crippen LogP contribution in [0.4, 0.5) is 0 Å². The molecule has 0 saturated carbocycles. The molecule has 0 aromatic rings. The third-order valence-corrected chi connectivity index (χ3v) is 2.16. The van der Waals surface area contributed by atoms with Crippen LogP contribution in [-0.2, 0) is 14.2 Å². The minimum Gasteiger partial charge on any atom is -0.389 e. The second-order valence-electron chi connectivity index (χ2n) is 3.89. The van der Waals surface area contributed by atoms with Crippen LogP contribution >= 0.6 is 0 Å². The molecule has 2 atom stereocenters. The molecule has 0 aromatic heterocycles. The Hall–Kier alpha value is -0.200. The zero-order valence-corrected chi connectivity index (χ0v) is 11.3. The van der Waals surface area contributed by atoms with Crippen LogP contribution in [0.5, 0.6) is 0 Å². The summed E-state index contributed by atoms with van der Waals surface area (Å²) in [7, 11) is 0. The van der Waals surface area contributed by atoms with E-state index < -0.39 is 6.10 Å². The Bertz CT molecular complexity index is 157. The zero-order chi connectivity index (χ0) is 12.9. The minimum absolute atomic E-state index is 0.244. The van der Waals surface area contributed by atoms with E-state index in [-0.39, 0.29) is 6.04 Å². The fraction of sp³-hybridized carbons (Fsp3) is 1.00. The largest absolute Gasteiger partial charge is 0.389 e. The highest BCUT2D eigenvalue weighted by molar-refractivity contribution is 4.64. The number of aliphatic hydroxyl groups is 1. The number of aliphatic hydroxyl groups excluding tert-OH is 1. The molecule has 0 aliphatic carbocycles. The Labute approximate surface area is 104 Å². The fourth-order valence-corrected chi connectivity index (χ4v) is 1.23. The Morgan fingerprint density at radius 2 is 1.65 bits per heavy atom. The maximum atomic E-state index is 9.61. The molecule has 17 heavy (non-hydrogen) atoms. The Kier molecular flexibility index (Phi) is 12.1. The van der Waals surface area contributed by atoms with E-state index >= 15 is 0 Å². The van der Waals surface area contributed by atoms with Crippen LogP contribution < -0.4 is 5.32 Å². The summed E-state index contributed by atoms with van der Waals surface area (Å²) in [6.45, 7) is 9.97. The summed E-state index contributed by atoms with van der Waals surface area (Å²) in [4.78, 5) is 0. The van der Waals surface area contributed by atoms with E-state index in [2.05, 4.69) is 5.32 Å². The summed E-state index contributed by atoms with van der Waals surface area (Å²) >= 11 is 0. The van der Waals surface area contributed by atoms with Gasteiger partial charge in [0.05, 0.1) is 32.5 Å². The molecule has 0 amide bonds. The topological polar surface area (TPSA) is 60.0 Å². The maximum Gasteiger partial charge on any atom is 0.0897 e. The van der Waals surface area contributed by atoms with Gasteiger partial charge in [-0.3, -0.25) is 0 Å². The van der Waals surface area contributed by atoms with E-state index in [0.717, 1.165) is 6.61 Å². The van der Waals surface area contributed by atoms with Gasteiger partial charge < -0.3 is 24.6 Å². The lowest BCUT2D eigenvalue weighted by atomic mass is 10.3. The highest BCUT2D eigenvalue weighted by Gasteiger charge is 2.07. The molecular formula is C12H27NO4. The molecule has 0 saturated heterocycles. The third kappa shape index (κ3) is 12.1. The molecule has 0 aliphatic heterocycles. The Balaban J connectivity index is 3.30. The number of ether oxygens (including phenoxy) is 3. The van der Waals surface area contributed by atoms with Gasteiger partial charge in [0.25, 0.3) is 0 Å². The molecule has 104 valence electrons. The zero-order valence-electron chi connectivity index (χ0n) is 11.3. The molecule has 0 heterocycles. The van der Waals surface area contributed by atoms with Gasteiger partial charge in [0.15, 0.2) is 0 Å². The molecule has 0 aromatic carbocycles. The van der Waals surface area contributed by atoms with Crippen molar-refractivity contribution in [3.63, 3.8) is 0 Å². The molecular weight excluding hydrogens is 222 g/mol.